The quantitative estimate of drug-likeness (QED) is 0.0261. The summed E-state index contributed by atoms with van der Waals surface area (Å²) in [5.41, 5.74) is 0. The predicted molar refractivity (Wildman–Crippen MR) is 334 cm³/mol. The van der Waals surface area contributed by atoms with Gasteiger partial charge in [-0.05, 0) is 116 Å². The number of hydrogen-bond donors (Lipinski definition) is 0. The maximum absolute atomic E-state index is 12.9. The van der Waals surface area contributed by atoms with Crippen LogP contribution in [0.5, 0.6) is 0 Å². The largest absolute Gasteiger partial charge is 0.462 e. The molecule has 1 unspecified atom stereocenters. The summed E-state index contributed by atoms with van der Waals surface area (Å²) in [5, 5.41) is 0. The van der Waals surface area contributed by atoms with Crippen LogP contribution in [-0.4, -0.2) is 37.2 Å². The van der Waals surface area contributed by atoms with Crippen molar-refractivity contribution in [1.82, 2.24) is 0 Å². The molecule has 0 saturated heterocycles. The molecule has 77 heavy (non-hydrogen) atoms. The molecule has 0 aliphatic carbocycles. The van der Waals surface area contributed by atoms with E-state index >= 15 is 0 Å². The summed E-state index contributed by atoms with van der Waals surface area (Å²) in [6.07, 6.45) is 89.4. The highest BCUT2D eigenvalue weighted by atomic mass is 16.6. The van der Waals surface area contributed by atoms with Gasteiger partial charge in [0, 0.05) is 19.3 Å². The molecule has 0 aromatic rings. The third-order valence-electron chi connectivity index (χ3n) is 13.5. The monoisotopic (exact) mass is 1070 g/mol. The Labute approximate surface area is 475 Å². The zero-order valence-electron chi connectivity index (χ0n) is 50.2. The summed E-state index contributed by atoms with van der Waals surface area (Å²) < 4.78 is 16.8. The van der Waals surface area contributed by atoms with E-state index in [2.05, 4.69) is 142 Å². The molecule has 1 atom stereocenters. The Bertz CT molecular complexity index is 1600. The van der Waals surface area contributed by atoms with Gasteiger partial charge >= 0.3 is 17.9 Å². The van der Waals surface area contributed by atoms with Gasteiger partial charge in [0.25, 0.3) is 0 Å². The van der Waals surface area contributed by atoms with Crippen molar-refractivity contribution in [2.45, 2.75) is 297 Å². The van der Waals surface area contributed by atoms with Crippen LogP contribution in [0.1, 0.15) is 290 Å². The Hall–Kier alpha value is -4.19. The summed E-state index contributed by atoms with van der Waals surface area (Å²) in [5.74, 6) is -0.930. The first-order chi connectivity index (χ1) is 38.0. The summed E-state index contributed by atoms with van der Waals surface area (Å²) in [7, 11) is 0. The fourth-order valence-corrected chi connectivity index (χ4v) is 8.67. The van der Waals surface area contributed by atoms with E-state index in [4.69, 9.17) is 14.2 Å². The van der Waals surface area contributed by atoms with E-state index in [1.165, 1.54) is 128 Å². The highest BCUT2D eigenvalue weighted by Crippen LogP contribution is 2.15. The molecule has 0 amide bonds. The normalized spacial score (nSPS) is 12.9. The van der Waals surface area contributed by atoms with Crippen molar-refractivity contribution in [3.05, 3.63) is 122 Å². The topological polar surface area (TPSA) is 78.9 Å². The average molecular weight is 1070 g/mol. The van der Waals surface area contributed by atoms with Gasteiger partial charge in [-0.25, -0.2) is 0 Å². The second kappa shape index (κ2) is 64.3. The highest BCUT2D eigenvalue weighted by Gasteiger charge is 2.19. The molecule has 0 rings (SSSR count). The molecule has 0 bridgehead atoms. The van der Waals surface area contributed by atoms with Crippen LogP contribution in [0.2, 0.25) is 0 Å². The van der Waals surface area contributed by atoms with Gasteiger partial charge in [0.1, 0.15) is 13.2 Å². The summed E-state index contributed by atoms with van der Waals surface area (Å²) >= 11 is 0. The van der Waals surface area contributed by atoms with Crippen LogP contribution in [0, 0.1) is 0 Å². The van der Waals surface area contributed by atoms with Crippen LogP contribution in [0.3, 0.4) is 0 Å². The zero-order chi connectivity index (χ0) is 55.7. The summed E-state index contributed by atoms with van der Waals surface area (Å²) in [6, 6.07) is 0. The van der Waals surface area contributed by atoms with Crippen molar-refractivity contribution in [1.29, 1.82) is 0 Å². The molecule has 0 aliphatic rings. The van der Waals surface area contributed by atoms with Crippen molar-refractivity contribution in [2.24, 2.45) is 0 Å². The van der Waals surface area contributed by atoms with Gasteiger partial charge in [-0.2, -0.15) is 0 Å². The molecule has 438 valence electrons. The van der Waals surface area contributed by atoms with Crippen LogP contribution >= 0.6 is 0 Å². The van der Waals surface area contributed by atoms with Gasteiger partial charge < -0.3 is 14.2 Å². The lowest BCUT2D eigenvalue weighted by Crippen LogP contribution is -2.30. The second-order valence-corrected chi connectivity index (χ2v) is 20.9. The van der Waals surface area contributed by atoms with Gasteiger partial charge in [0.15, 0.2) is 6.10 Å². The van der Waals surface area contributed by atoms with Gasteiger partial charge in [0.2, 0.25) is 0 Å². The summed E-state index contributed by atoms with van der Waals surface area (Å²) in [4.78, 5) is 38.1. The molecule has 6 heteroatoms. The molecular formula is C71H118O6. The molecule has 0 N–H and O–H groups in total. The number of carbonyl (C=O) groups excluding carboxylic acids is 3. The van der Waals surface area contributed by atoms with Crippen LogP contribution < -0.4 is 0 Å². The maximum atomic E-state index is 12.9. The first-order valence-corrected chi connectivity index (χ1v) is 32.0. The van der Waals surface area contributed by atoms with E-state index in [1.807, 2.05) is 0 Å². The molecule has 0 radical (unpaired) electrons. The second-order valence-electron chi connectivity index (χ2n) is 20.9. The minimum Gasteiger partial charge on any atom is -0.462 e. The Morgan fingerprint density at radius 3 is 0.818 bits per heavy atom. The van der Waals surface area contributed by atoms with E-state index in [-0.39, 0.29) is 31.1 Å². The Kier molecular flexibility index (Phi) is 60.8. The van der Waals surface area contributed by atoms with Crippen molar-refractivity contribution < 1.29 is 28.6 Å². The number of unbranched alkanes of at least 4 members (excludes halogenated alkanes) is 26. The van der Waals surface area contributed by atoms with E-state index < -0.39 is 6.10 Å². The predicted octanol–water partition coefficient (Wildman–Crippen LogP) is 22.0. The van der Waals surface area contributed by atoms with Crippen LogP contribution in [0.25, 0.3) is 0 Å². The SMILES string of the molecule is CC/C=C\C/C=C\C/C=C\C/C=C\C/C=C\C/C=C\C/C=C\C/C=C\C/C=C\CCCCCC(=O)OCC(COC(=O)CCCCCCCCC)OC(=O)CCCCCCCCCCC/C=C\CCCCCCCCCC. The first-order valence-electron chi connectivity index (χ1n) is 32.0. The number of ether oxygens (including phenoxy) is 3. The lowest BCUT2D eigenvalue weighted by Gasteiger charge is -2.18. The Morgan fingerprint density at radius 1 is 0.273 bits per heavy atom. The number of esters is 3. The van der Waals surface area contributed by atoms with Crippen LogP contribution in [-0.2, 0) is 28.6 Å². The molecule has 0 spiro atoms. The first kappa shape index (κ1) is 72.8. The third-order valence-corrected chi connectivity index (χ3v) is 13.5. The molecule has 0 fully saturated rings. The van der Waals surface area contributed by atoms with Crippen LogP contribution in [0.15, 0.2) is 122 Å². The molecule has 6 nitrogen and oxygen atoms in total. The molecule has 0 saturated carbocycles. The minimum atomic E-state index is -0.793. The van der Waals surface area contributed by atoms with Gasteiger partial charge in [0.05, 0.1) is 0 Å². The van der Waals surface area contributed by atoms with Gasteiger partial charge in [-0.3, -0.25) is 14.4 Å². The van der Waals surface area contributed by atoms with Crippen LogP contribution in [0.4, 0.5) is 0 Å². The fraction of sp³-hybridized carbons (Fsp3) is 0.676. The minimum absolute atomic E-state index is 0.0900. The third kappa shape index (κ3) is 62.5. The smallest absolute Gasteiger partial charge is 0.306 e. The molecular weight excluding hydrogens is 949 g/mol. The van der Waals surface area contributed by atoms with Gasteiger partial charge in [-0.15, -0.1) is 0 Å². The average Bonchev–Trinajstić information content (AvgIpc) is 3.43. The standard InChI is InChI=1S/C71H118O6/c1-4-7-10-13-16-18-20-22-24-26-28-30-31-32-33-34-35-36-37-38-39-41-42-44-46-48-50-52-55-58-61-64-70(73)76-67-68(66-75-69(72)63-60-57-54-15-12-9-6-3)77-71(74)65-62-59-56-53-51-49-47-45-43-40-29-27-25-23-21-19-17-14-11-8-5-2/h7,10,16,18,22,24,27-30,32-33,35-36,38-39,42,44,48,50,68H,4-6,8-9,11-15,17,19-21,23,25-26,31,34,37,40-41,43,45-47,49,51-67H2,1-3H3/b10-7-,18-16-,24-22-,29-27-,30-28-,33-32-,36-35-,39-38-,44-42-,50-48-. The number of allylic oxidation sites excluding steroid dienone is 20. The number of rotatable bonds is 57. The molecule has 0 heterocycles. The zero-order valence-corrected chi connectivity index (χ0v) is 50.2. The Morgan fingerprint density at radius 2 is 0.506 bits per heavy atom. The Balaban J connectivity index is 4.24. The number of hydrogen-bond acceptors (Lipinski definition) is 6. The van der Waals surface area contributed by atoms with Crippen molar-refractivity contribution in [3.8, 4) is 0 Å². The fourth-order valence-electron chi connectivity index (χ4n) is 8.67. The maximum Gasteiger partial charge on any atom is 0.306 e. The van der Waals surface area contributed by atoms with E-state index in [1.54, 1.807) is 0 Å². The summed E-state index contributed by atoms with van der Waals surface area (Å²) in [6.45, 7) is 6.46. The van der Waals surface area contributed by atoms with Crippen molar-refractivity contribution in [3.63, 3.8) is 0 Å². The van der Waals surface area contributed by atoms with Crippen molar-refractivity contribution >= 4 is 17.9 Å². The number of carbonyl (C=O) groups is 3. The lowest BCUT2D eigenvalue weighted by molar-refractivity contribution is -0.167. The van der Waals surface area contributed by atoms with E-state index in [0.29, 0.717) is 19.3 Å². The van der Waals surface area contributed by atoms with Gasteiger partial charge in [-0.1, -0.05) is 277 Å². The molecule has 0 aromatic heterocycles. The lowest BCUT2D eigenvalue weighted by atomic mass is 10.1. The van der Waals surface area contributed by atoms with E-state index in [0.717, 1.165) is 122 Å². The molecule has 0 aliphatic heterocycles. The van der Waals surface area contributed by atoms with Crippen molar-refractivity contribution in [2.75, 3.05) is 13.2 Å². The highest BCUT2D eigenvalue weighted by molar-refractivity contribution is 5.71. The molecule has 0 aromatic carbocycles. The van der Waals surface area contributed by atoms with E-state index in [9.17, 15) is 14.4 Å².